The van der Waals surface area contributed by atoms with Gasteiger partial charge in [-0.25, -0.2) is 8.78 Å². The maximum absolute atomic E-state index is 13.5. The van der Waals surface area contributed by atoms with E-state index in [4.69, 9.17) is 4.74 Å². The number of halogens is 2. The summed E-state index contributed by atoms with van der Waals surface area (Å²) >= 11 is 0. The summed E-state index contributed by atoms with van der Waals surface area (Å²) in [5.74, 6) is -2.05. The van der Waals surface area contributed by atoms with Crippen LogP contribution in [-0.4, -0.2) is 18.0 Å². The van der Waals surface area contributed by atoms with Gasteiger partial charge in [0.1, 0.15) is 11.6 Å². The molecule has 0 saturated carbocycles. The zero-order valence-electron chi connectivity index (χ0n) is 13.1. The van der Waals surface area contributed by atoms with E-state index in [-0.39, 0.29) is 24.3 Å². The number of esters is 1. The lowest BCUT2D eigenvalue weighted by molar-refractivity contribution is -0.153. The molecule has 1 atom stereocenters. The Morgan fingerprint density at radius 2 is 1.88 bits per heavy atom. The minimum atomic E-state index is -1.04. The summed E-state index contributed by atoms with van der Waals surface area (Å²) in [5.41, 5.74) is 0.681. The molecule has 2 aromatic carbocycles. The molecule has 0 radical (unpaired) electrons. The van der Waals surface area contributed by atoms with E-state index in [1.165, 1.54) is 31.2 Å². The molecule has 0 aliphatic rings. The molecule has 0 aromatic heterocycles. The van der Waals surface area contributed by atoms with Crippen LogP contribution < -0.4 is 5.32 Å². The van der Waals surface area contributed by atoms with E-state index in [2.05, 4.69) is 5.32 Å². The Kier molecular flexibility index (Phi) is 6.01. The van der Waals surface area contributed by atoms with Crippen LogP contribution in [0.15, 0.2) is 48.5 Å². The summed E-state index contributed by atoms with van der Waals surface area (Å²) in [7, 11) is 0. The predicted octanol–water partition coefficient (Wildman–Crippen LogP) is 3.47. The second-order valence-electron chi connectivity index (χ2n) is 5.22. The molecular formula is C18H17F2NO3. The van der Waals surface area contributed by atoms with Gasteiger partial charge in [-0.1, -0.05) is 24.3 Å². The van der Waals surface area contributed by atoms with Crippen molar-refractivity contribution in [3.05, 3.63) is 65.7 Å². The van der Waals surface area contributed by atoms with Gasteiger partial charge in [0.05, 0.1) is 0 Å². The van der Waals surface area contributed by atoms with Crippen molar-refractivity contribution >= 4 is 17.6 Å². The van der Waals surface area contributed by atoms with Gasteiger partial charge in [0.15, 0.2) is 6.10 Å². The number of rotatable bonds is 6. The highest BCUT2D eigenvalue weighted by Gasteiger charge is 2.18. The number of carbonyl (C=O) groups is 2. The highest BCUT2D eigenvalue weighted by Crippen LogP contribution is 2.12. The highest BCUT2D eigenvalue weighted by atomic mass is 19.1. The zero-order valence-corrected chi connectivity index (χ0v) is 13.1. The van der Waals surface area contributed by atoms with Crippen molar-refractivity contribution in [1.29, 1.82) is 0 Å². The molecule has 0 unspecified atom stereocenters. The summed E-state index contributed by atoms with van der Waals surface area (Å²) in [4.78, 5) is 23.7. The Hall–Kier alpha value is -2.76. The molecule has 0 saturated heterocycles. The number of aryl methyl sites for hydroxylation is 1. The first-order valence-electron chi connectivity index (χ1n) is 7.45. The number of hydrogen-bond acceptors (Lipinski definition) is 3. The van der Waals surface area contributed by atoms with Crippen LogP contribution in [0.3, 0.4) is 0 Å². The molecule has 0 spiro atoms. The molecule has 1 N–H and O–H groups in total. The maximum atomic E-state index is 13.5. The minimum absolute atomic E-state index is 0.0431. The van der Waals surface area contributed by atoms with Gasteiger partial charge < -0.3 is 10.1 Å². The minimum Gasteiger partial charge on any atom is -0.453 e. The zero-order chi connectivity index (χ0) is 17.5. The molecular weight excluding hydrogens is 316 g/mol. The maximum Gasteiger partial charge on any atom is 0.306 e. The molecule has 0 bridgehead atoms. The molecule has 126 valence electrons. The molecule has 4 nitrogen and oxygen atoms in total. The van der Waals surface area contributed by atoms with E-state index in [0.29, 0.717) is 5.56 Å². The van der Waals surface area contributed by atoms with Crippen molar-refractivity contribution in [2.75, 3.05) is 5.32 Å². The van der Waals surface area contributed by atoms with Crippen LogP contribution in [0.1, 0.15) is 18.9 Å². The molecule has 0 aliphatic heterocycles. The van der Waals surface area contributed by atoms with E-state index in [0.717, 1.165) is 6.07 Å². The molecule has 0 aliphatic carbocycles. The fourth-order valence-corrected chi connectivity index (χ4v) is 2.06. The highest BCUT2D eigenvalue weighted by molar-refractivity contribution is 5.95. The second-order valence-corrected chi connectivity index (χ2v) is 5.22. The van der Waals surface area contributed by atoms with Crippen LogP contribution in [-0.2, 0) is 20.7 Å². The first-order valence-corrected chi connectivity index (χ1v) is 7.45. The first-order chi connectivity index (χ1) is 11.5. The third-order valence-corrected chi connectivity index (χ3v) is 3.33. The lowest BCUT2D eigenvalue weighted by atomic mass is 10.1. The molecule has 2 aromatic rings. The summed E-state index contributed by atoms with van der Waals surface area (Å²) in [6.45, 7) is 1.41. The molecule has 1 amide bonds. The molecule has 24 heavy (non-hydrogen) atoms. The van der Waals surface area contributed by atoms with Crippen LogP contribution in [0.25, 0.3) is 0 Å². The fourth-order valence-electron chi connectivity index (χ4n) is 2.06. The smallest absolute Gasteiger partial charge is 0.306 e. The van der Waals surface area contributed by atoms with Crippen molar-refractivity contribution in [2.24, 2.45) is 0 Å². The Balaban J connectivity index is 1.82. The van der Waals surface area contributed by atoms with Crippen molar-refractivity contribution in [1.82, 2.24) is 0 Å². The number of amides is 1. The second kappa shape index (κ2) is 8.19. The predicted molar refractivity (Wildman–Crippen MR) is 85.3 cm³/mol. The van der Waals surface area contributed by atoms with Crippen molar-refractivity contribution < 1.29 is 23.1 Å². The van der Waals surface area contributed by atoms with E-state index >= 15 is 0 Å². The Morgan fingerprint density at radius 1 is 1.12 bits per heavy atom. The normalized spacial score (nSPS) is 11.6. The fraction of sp³-hybridized carbons (Fsp3) is 0.222. The van der Waals surface area contributed by atoms with Gasteiger partial charge >= 0.3 is 5.97 Å². The van der Waals surface area contributed by atoms with E-state index < -0.39 is 23.8 Å². The number of carbonyl (C=O) groups excluding carboxylic acids is 2. The lowest BCUT2D eigenvalue weighted by Gasteiger charge is -2.13. The Morgan fingerprint density at radius 3 is 2.58 bits per heavy atom. The Bertz CT molecular complexity index is 734. The number of anilines is 1. The standard InChI is InChI=1S/C18H17F2NO3/c1-12(18(23)21-15-7-4-6-14(19)11-15)24-17(22)10-9-13-5-2-3-8-16(13)20/h2-8,11-12H,9-10H2,1H3,(H,21,23)/t12-/m1/s1. The quantitative estimate of drug-likeness (QED) is 0.824. The third kappa shape index (κ3) is 5.15. The van der Waals surface area contributed by atoms with Crippen molar-refractivity contribution in [2.45, 2.75) is 25.9 Å². The number of nitrogens with one attached hydrogen (secondary N) is 1. The first kappa shape index (κ1) is 17.6. The van der Waals surface area contributed by atoms with Crippen LogP contribution in [0, 0.1) is 11.6 Å². The average molecular weight is 333 g/mol. The van der Waals surface area contributed by atoms with Gasteiger partial charge in [0.25, 0.3) is 5.91 Å². The lowest BCUT2D eigenvalue weighted by Crippen LogP contribution is -2.30. The number of ether oxygens (including phenoxy) is 1. The van der Waals surface area contributed by atoms with Crippen LogP contribution in [0.4, 0.5) is 14.5 Å². The molecule has 6 heteroatoms. The Labute approximate surface area is 138 Å². The van der Waals surface area contributed by atoms with Crippen LogP contribution >= 0.6 is 0 Å². The van der Waals surface area contributed by atoms with Gasteiger partial charge in [-0.2, -0.15) is 0 Å². The number of hydrogen-bond donors (Lipinski definition) is 1. The largest absolute Gasteiger partial charge is 0.453 e. The SMILES string of the molecule is C[C@@H](OC(=O)CCc1ccccc1F)C(=O)Nc1cccc(F)c1. The molecule has 2 rings (SSSR count). The summed E-state index contributed by atoms with van der Waals surface area (Å²) < 4.78 is 31.5. The van der Waals surface area contributed by atoms with E-state index in [9.17, 15) is 18.4 Å². The summed E-state index contributed by atoms with van der Waals surface area (Å²) in [6, 6.07) is 11.5. The van der Waals surface area contributed by atoms with Gasteiger partial charge in [0, 0.05) is 12.1 Å². The molecule has 0 fully saturated rings. The van der Waals surface area contributed by atoms with Crippen molar-refractivity contribution in [3.63, 3.8) is 0 Å². The number of benzene rings is 2. The monoisotopic (exact) mass is 333 g/mol. The average Bonchev–Trinajstić information content (AvgIpc) is 2.54. The summed E-state index contributed by atoms with van der Waals surface area (Å²) in [6.07, 6.45) is -0.899. The third-order valence-electron chi connectivity index (χ3n) is 3.33. The summed E-state index contributed by atoms with van der Waals surface area (Å²) in [5, 5.41) is 2.45. The van der Waals surface area contributed by atoms with Gasteiger partial charge in [0.2, 0.25) is 0 Å². The van der Waals surface area contributed by atoms with Gasteiger partial charge in [-0.3, -0.25) is 9.59 Å². The van der Waals surface area contributed by atoms with Crippen LogP contribution in [0.5, 0.6) is 0 Å². The van der Waals surface area contributed by atoms with E-state index in [1.807, 2.05) is 0 Å². The van der Waals surface area contributed by atoms with Crippen molar-refractivity contribution in [3.8, 4) is 0 Å². The van der Waals surface area contributed by atoms with Gasteiger partial charge in [-0.05, 0) is 43.2 Å². The van der Waals surface area contributed by atoms with Gasteiger partial charge in [-0.15, -0.1) is 0 Å². The topological polar surface area (TPSA) is 55.4 Å². The van der Waals surface area contributed by atoms with E-state index in [1.54, 1.807) is 18.2 Å². The molecule has 0 heterocycles. The van der Waals surface area contributed by atoms with Crippen LogP contribution in [0.2, 0.25) is 0 Å².